The first-order chi connectivity index (χ1) is 8.27. The second-order valence-corrected chi connectivity index (χ2v) is 4.91. The van der Waals surface area contributed by atoms with Gasteiger partial charge in [-0.1, -0.05) is 19.8 Å². The van der Waals surface area contributed by atoms with Gasteiger partial charge >= 0.3 is 0 Å². The summed E-state index contributed by atoms with van der Waals surface area (Å²) < 4.78 is 5.50. The molecule has 4 nitrogen and oxygen atoms in total. The Morgan fingerprint density at radius 2 is 2.06 bits per heavy atom. The van der Waals surface area contributed by atoms with Crippen LogP contribution in [0, 0.1) is 11.8 Å². The Hall–Kier alpha value is -0.610. The predicted molar refractivity (Wildman–Crippen MR) is 68.6 cm³/mol. The predicted octanol–water partition coefficient (Wildman–Crippen LogP) is 1.29. The Kier molecular flexibility index (Phi) is 7.21. The van der Waals surface area contributed by atoms with Gasteiger partial charge in [-0.05, 0) is 37.6 Å². The molecule has 0 spiro atoms. The molecule has 2 atom stereocenters. The maximum Gasteiger partial charge on any atom is 0.245 e. The van der Waals surface area contributed by atoms with E-state index in [1.807, 2.05) is 6.92 Å². The van der Waals surface area contributed by atoms with Crippen LogP contribution in [0.4, 0.5) is 0 Å². The minimum absolute atomic E-state index is 0.00745. The summed E-state index contributed by atoms with van der Waals surface area (Å²) in [4.78, 5) is 11.3. The van der Waals surface area contributed by atoms with Crippen LogP contribution in [-0.4, -0.2) is 32.2 Å². The number of hydrogen-bond donors (Lipinski definition) is 2. The van der Waals surface area contributed by atoms with Crippen LogP contribution in [0.15, 0.2) is 0 Å². The quantitative estimate of drug-likeness (QED) is 0.707. The second kappa shape index (κ2) is 8.48. The van der Waals surface area contributed by atoms with E-state index >= 15 is 0 Å². The van der Waals surface area contributed by atoms with Gasteiger partial charge in [-0.3, -0.25) is 4.79 Å². The van der Waals surface area contributed by atoms with Crippen molar-refractivity contribution in [3.63, 3.8) is 0 Å². The molecule has 1 aliphatic carbocycles. The molecule has 1 fully saturated rings. The summed E-state index contributed by atoms with van der Waals surface area (Å²) in [6.07, 6.45) is 5.93. The van der Waals surface area contributed by atoms with E-state index in [9.17, 15) is 4.79 Å². The summed E-state index contributed by atoms with van der Waals surface area (Å²) >= 11 is 0. The average molecular weight is 242 g/mol. The van der Waals surface area contributed by atoms with Crippen molar-refractivity contribution in [1.82, 2.24) is 5.32 Å². The molecule has 4 heteroatoms. The molecule has 1 saturated carbocycles. The molecule has 100 valence electrons. The van der Waals surface area contributed by atoms with E-state index in [1.54, 1.807) is 0 Å². The fraction of sp³-hybridized carbons (Fsp3) is 0.923. The SMILES string of the molecule is CCCNC(=O)COCC1CCCCC1CN. The molecule has 17 heavy (non-hydrogen) atoms. The fourth-order valence-corrected chi connectivity index (χ4v) is 2.43. The number of nitrogens with one attached hydrogen (secondary N) is 1. The van der Waals surface area contributed by atoms with Crippen molar-refractivity contribution in [3.8, 4) is 0 Å². The fourth-order valence-electron chi connectivity index (χ4n) is 2.43. The van der Waals surface area contributed by atoms with Gasteiger partial charge in [0.15, 0.2) is 0 Å². The Balaban J connectivity index is 2.14. The van der Waals surface area contributed by atoms with Crippen molar-refractivity contribution in [2.45, 2.75) is 39.0 Å². The number of hydrogen-bond acceptors (Lipinski definition) is 3. The van der Waals surface area contributed by atoms with Crippen LogP contribution in [0.25, 0.3) is 0 Å². The third kappa shape index (κ3) is 5.50. The van der Waals surface area contributed by atoms with Crippen LogP contribution in [0.5, 0.6) is 0 Å². The zero-order chi connectivity index (χ0) is 12.5. The topological polar surface area (TPSA) is 64.3 Å². The van der Waals surface area contributed by atoms with Crippen LogP contribution in [-0.2, 0) is 9.53 Å². The van der Waals surface area contributed by atoms with Crippen LogP contribution in [0.2, 0.25) is 0 Å². The Bertz CT molecular complexity index is 221. The van der Waals surface area contributed by atoms with Gasteiger partial charge in [0.05, 0.1) is 6.61 Å². The molecule has 0 aromatic heterocycles. The first-order valence-electron chi connectivity index (χ1n) is 6.82. The van der Waals surface area contributed by atoms with Gasteiger partial charge in [-0.2, -0.15) is 0 Å². The number of amides is 1. The molecule has 1 aliphatic rings. The van der Waals surface area contributed by atoms with Gasteiger partial charge in [0.1, 0.15) is 6.61 Å². The zero-order valence-corrected chi connectivity index (χ0v) is 10.9. The van der Waals surface area contributed by atoms with Gasteiger partial charge in [0, 0.05) is 6.54 Å². The molecule has 0 heterocycles. The Morgan fingerprint density at radius 3 is 2.71 bits per heavy atom. The molecule has 0 radical (unpaired) electrons. The van der Waals surface area contributed by atoms with E-state index in [0.29, 0.717) is 18.4 Å². The first kappa shape index (κ1) is 14.5. The largest absolute Gasteiger partial charge is 0.371 e. The van der Waals surface area contributed by atoms with Gasteiger partial charge in [-0.25, -0.2) is 0 Å². The molecule has 0 aromatic carbocycles. The van der Waals surface area contributed by atoms with E-state index in [0.717, 1.165) is 19.5 Å². The van der Waals surface area contributed by atoms with Crippen LogP contribution in [0.1, 0.15) is 39.0 Å². The smallest absolute Gasteiger partial charge is 0.245 e. The third-order valence-corrected chi connectivity index (χ3v) is 3.51. The lowest BCUT2D eigenvalue weighted by molar-refractivity contribution is -0.126. The van der Waals surface area contributed by atoms with Gasteiger partial charge in [0.2, 0.25) is 5.91 Å². The molecular weight excluding hydrogens is 216 g/mol. The second-order valence-electron chi connectivity index (χ2n) is 4.91. The molecule has 0 saturated heterocycles. The van der Waals surface area contributed by atoms with Crippen molar-refractivity contribution in [3.05, 3.63) is 0 Å². The van der Waals surface area contributed by atoms with Crippen molar-refractivity contribution in [2.75, 3.05) is 26.3 Å². The van der Waals surface area contributed by atoms with Crippen molar-refractivity contribution >= 4 is 5.91 Å². The highest BCUT2D eigenvalue weighted by molar-refractivity contribution is 5.77. The standard InChI is InChI=1S/C13H26N2O2/c1-2-7-15-13(16)10-17-9-12-6-4-3-5-11(12)8-14/h11-12H,2-10,14H2,1H3,(H,15,16). The van der Waals surface area contributed by atoms with Gasteiger partial charge in [-0.15, -0.1) is 0 Å². The highest BCUT2D eigenvalue weighted by atomic mass is 16.5. The summed E-state index contributed by atoms with van der Waals surface area (Å²) in [6.45, 7) is 4.39. The van der Waals surface area contributed by atoms with Crippen LogP contribution in [0.3, 0.4) is 0 Å². The summed E-state index contributed by atoms with van der Waals surface area (Å²) in [5.74, 6) is 1.13. The van der Waals surface area contributed by atoms with Crippen LogP contribution < -0.4 is 11.1 Å². The van der Waals surface area contributed by atoms with Crippen molar-refractivity contribution in [1.29, 1.82) is 0 Å². The normalized spacial score (nSPS) is 24.6. The van der Waals surface area contributed by atoms with E-state index in [1.165, 1.54) is 25.7 Å². The molecule has 1 amide bonds. The Labute approximate surface area is 104 Å². The average Bonchev–Trinajstić information content (AvgIpc) is 2.37. The number of carbonyl (C=O) groups excluding carboxylic acids is 1. The van der Waals surface area contributed by atoms with Crippen molar-refractivity contribution < 1.29 is 9.53 Å². The monoisotopic (exact) mass is 242 g/mol. The van der Waals surface area contributed by atoms with E-state index in [-0.39, 0.29) is 12.5 Å². The lowest BCUT2D eigenvalue weighted by Gasteiger charge is -2.30. The lowest BCUT2D eigenvalue weighted by atomic mass is 9.80. The number of carbonyl (C=O) groups is 1. The molecule has 1 rings (SSSR count). The molecule has 0 bridgehead atoms. The summed E-state index contributed by atoms with van der Waals surface area (Å²) in [7, 11) is 0. The Morgan fingerprint density at radius 1 is 1.35 bits per heavy atom. The van der Waals surface area contributed by atoms with E-state index in [2.05, 4.69) is 5.32 Å². The third-order valence-electron chi connectivity index (χ3n) is 3.51. The molecule has 2 unspecified atom stereocenters. The van der Waals surface area contributed by atoms with Crippen molar-refractivity contribution in [2.24, 2.45) is 17.6 Å². The van der Waals surface area contributed by atoms with Gasteiger partial charge in [0.25, 0.3) is 0 Å². The summed E-state index contributed by atoms with van der Waals surface area (Å²) in [6, 6.07) is 0. The van der Waals surface area contributed by atoms with Crippen LogP contribution >= 0.6 is 0 Å². The molecule has 0 aliphatic heterocycles. The molecule has 0 aromatic rings. The first-order valence-corrected chi connectivity index (χ1v) is 6.82. The zero-order valence-electron chi connectivity index (χ0n) is 10.9. The minimum Gasteiger partial charge on any atom is -0.371 e. The molecular formula is C13H26N2O2. The summed E-state index contributed by atoms with van der Waals surface area (Å²) in [5.41, 5.74) is 5.76. The number of ether oxygens (including phenoxy) is 1. The maximum atomic E-state index is 11.3. The van der Waals surface area contributed by atoms with E-state index < -0.39 is 0 Å². The summed E-state index contributed by atoms with van der Waals surface area (Å²) in [5, 5.41) is 2.81. The van der Waals surface area contributed by atoms with E-state index in [4.69, 9.17) is 10.5 Å². The highest BCUT2D eigenvalue weighted by Crippen LogP contribution is 2.29. The lowest BCUT2D eigenvalue weighted by Crippen LogP contribution is -2.32. The molecule has 3 N–H and O–H groups in total. The maximum absolute atomic E-state index is 11.3. The number of rotatable bonds is 7. The number of nitrogens with two attached hydrogens (primary N) is 1. The highest BCUT2D eigenvalue weighted by Gasteiger charge is 2.24. The van der Waals surface area contributed by atoms with Gasteiger partial charge < -0.3 is 15.8 Å². The minimum atomic E-state index is -0.00745.